The molecule has 1 atom stereocenters. The molecule has 0 spiro atoms. The lowest BCUT2D eigenvalue weighted by Gasteiger charge is -2.03. The molecule has 98 valence electrons. The molecule has 4 nitrogen and oxygen atoms in total. The van der Waals surface area contributed by atoms with Crippen molar-refractivity contribution in [3.63, 3.8) is 0 Å². The third kappa shape index (κ3) is 2.28. The van der Waals surface area contributed by atoms with Crippen LogP contribution in [0, 0.1) is 0 Å². The SMILES string of the molecule is c1ccc2c(c1)SCC2c1nc(CNC2CC2)no1. The van der Waals surface area contributed by atoms with E-state index in [1.807, 2.05) is 11.8 Å². The Labute approximate surface area is 116 Å². The topological polar surface area (TPSA) is 51.0 Å². The number of nitrogens with zero attached hydrogens (tertiary/aromatic N) is 2. The van der Waals surface area contributed by atoms with Crippen molar-refractivity contribution in [2.45, 2.75) is 36.2 Å². The van der Waals surface area contributed by atoms with Gasteiger partial charge in [-0.1, -0.05) is 23.4 Å². The molecule has 2 aromatic rings. The van der Waals surface area contributed by atoms with Gasteiger partial charge >= 0.3 is 0 Å². The average molecular weight is 273 g/mol. The maximum Gasteiger partial charge on any atom is 0.235 e. The van der Waals surface area contributed by atoms with Gasteiger partial charge in [0, 0.05) is 16.7 Å². The zero-order valence-electron chi connectivity index (χ0n) is 10.5. The molecule has 1 aliphatic carbocycles. The van der Waals surface area contributed by atoms with Gasteiger partial charge in [0.1, 0.15) is 0 Å². The Morgan fingerprint density at radius 3 is 3.11 bits per heavy atom. The Morgan fingerprint density at radius 2 is 2.21 bits per heavy atom. The molecule has 5 heteroatoms. The van der Waals surface area contributed by atoms with Gasteiger partial charge in [-0.2, -0.15) is 4.98 Å². The first-order valence-corrected chi connectivity index (χ1v) is 7.66. The number of hydrogen-bond acceptors (Lipinski definition) is 5. The molecular weight excluding hydrogens is 258 g/mol. The van der Waals surface area contributed by atoms with E-state index in [1.165, 1.54) is 23.3 Å². The van der Waals surface area contributed by atoms with Gasteiger partial charge in [0.05, 0.1) is 12.5 Å². The van der Waals surface area contributed by atoms with Crippen molar-refractivity contribution in [2.24, 2.45) is 0 Å². The van der Waals surface area contributed by atoms with Gasteiger partial charge in [0.15, 0.2) is 5.82 Å². The van der Waals surface area contributed by atoms with E-state index < -0.39 is 0 Å². The smallest absolute Gasteiger partial charge is 0.235 e. The molecule has 1 unspecified atom stereocenters. The van der Waals surface area contributed by atoms with Crippen LogP contribution in [0.5, 0.6) is 0 Å². The van der Waals surface area contributed by atoms with Crippen molar-refractivity contribution in [3.05, 3.63) is 41.5 Å². The van der Waals surface area contributed by atoms with Gasteiger partial charge in [-0.3, -0.25) is 0 Å². The predicted octanol–water partition coefficient (Wildman–Crippen LogP) is 2.56. The lowest BCUT2D eigenvalue weighted by Crippen LogP contribution is -2.16. The Balaban J connectivity index is 1.53. The Bertz CT molecular complexity index is 594. The van der Waals surface area contributed by atoms with Crippen LogP contribution in [0.3, 0.4) is 0 Å². The van der Waals surface area contributed by atoms with E-state index in [1.54, 1.807) is 0 Å². The highest BCUT2D eigenvalue weighted by molar-refractivity contribution is 7.99. The molecule has 0 saturated heterocycles. The molecule has 2 aliphatic rings. The van der Waals surface area contributed by atoms with E-state index in [2.05, 4.69) is 39.7 Å². The first kappa shape index (κ1) is 11.5. The van der Waals surface area contributed by atoms with Crippen molar-refractivity contribution >= 4 is 11.8 Å². The van der Waals surface area contributed by atoms with Crippen LogP contribution in [0.15, 0.2) is 33.7 Å². The van der Waals surface area contributed by atoms with Crippen molar-refractivity contribution in [3.8, 4) is 0 Å². The van der Waals surface area contributed by atoms with E-state index in [-0.39, 0.29) is 5.92 Å². The first-order chi connectivity index (χ1) is 9.40. The second-order valence-electron chi connectivity index (χ2n) is 5.11. The summed E-state index contributed by atoms with van der Waals surface area (Å²) in [5.74, 6) is 2.78. The number of aromatic nitrogens is 2. The van der Waals surface area contributed by atoms with Gasteiger partial charge in [-0.25, -0.2) is 0 Å². The summed E-state index contributed by atoms with van der Waals surface area (Å²) in [7, 11) is 0. The molecule has 19 heavy (non-hydrogen) atoms. The molecule has 1 aromatic heterocycles. The zero-order valence-corrected chi connectivity index (χ0v) is 11.3. The largest absolute Gasteiger partial charge is 0.339 e. The number of fused-ring (bicyclic) bond motifs is 1. The minimum atomic E-state index is 0.253. The molecule has 1 aliphatic heterocycles. The number of thioether (sulfide) groups is 1. The Kier molecular flexibility index (Phi) is 2.81. The third-order valence-corrected chi connectivity index (χ3v) is 4.79. The maximum atomic E-state index is 5.44. The van der Waals surface area contributed by atoms with Crippen LogP contribution in [0.25, 0.3) is 0 Å². The molecule has 0 bridgehead atoms. The number of rotatable bonds is 4. The van der Waals surface area contributed by atoms with Crippen molar-refractivity contribution in [2.75, 3.05) is 5.75 Å². The molecule has 1 N–H and O–H groups in total. The maximum absolute atomic E-state index is 5.44. The summed E-state index contributed by atoms with van der Waals surface area (Å²) >= 11 is 1.86. The predicted molar refractivity (Wildman–Crippen MR) is 73.2 cm³/mol. The van der Waals surface area contributed by atoms with Crippen LogP contribution >= 0.6 is 11.8 Å². The van der Waals surface area contributed by atoms with Crippen LogP contribution < -0.4 is 5.32 Å². The quantitative estimate of drug-likeness (QED) is 0.927. The van der Waals surface area contributed by atoms with Crippen LogP contribution in [-0.2, 0) is 6.54 Å². The van der Waals surface area contributed by atoms with Gasteiger partial charge in [0.25, 0.3) is 0 Å². The normalized spacial score (nSPS) is 21.6. The van der Waals surface area contributed by atoms with Crippen molar-refractivity contribution < 1.29 is 4.52 Å². The summed E-state index contributed by atoms with van der Waals surface area (Å²) in [5, 5.41) is 7.48. The molecule has 0 radical (unpaired) electrons. The first-order valence-electron chi connectivity index (χ1n) is 6.68. The van der Waals surface area contributed by atoms with Crippen LogP contribution in [0.4, 0.5) is 0 Å². The second kappa shape index (κ2) is 4.65. The standard InChI is InChI=1S/C14H15N3OS/c1-2-4-12-10(3-1)11(8-19-12)14-16-13(17-18-14)7-15-9-5-6-9/h1-4,9,11,15H,5-8H2. The fourth-order valence-corrected chi connectivity index (χ4v) is 3.59. The number of nitrogens with one attached hydrogen (secondary N) is 1. The van der Waals surface area contributed by atoms with Gasteiger partial charge in [0.2, 0.25) is 5.89 Å². The van der Waals surface area contributed by atoms with Crippen molar-refractivity contribution in [1.29, 1.82) is 0 Å². The molecule has 1 fully saturated rings. The minimum Gasteiger partial charge on any atom is -0.339 e. The summed E-state index contributed by atoms with van der Waals surface area (Å²) in [6, 6.07) is 9.14. The Morgan fingerprint density at radius 1 is 1.32 bits per heavy atom. The number of benzene rings is 1. The van der Waals surface area contributed by atoms with Crippen LogP contribution in [0.2, 0.25) is 0 Å². The van der Waals surface area contributed by atoms with Gasteiger partial charge < -0.3 is 9.84 Å². The summed E-state index contributed by atoms with van der Waals surface area (Å²) in [6.07, 6.45) is 2.55. The van der Waals surface area contributed by atoms with E-state index in [0.717, 1.165) is 24.0 Å². The van der Waals surface area contributed by atoms with E-state index in [9.17, 15) is 0 Å². The number of hydrogen-bond donors (Lipinski definition) is 1. The van der Waals surface area contributed by atoms with E-state index in [4.69, 9.17) is 4.52 Å². The summed E-state index contributed by atoms with van der Waals surface area (Å²) in [5.41, 5.74) is 1.32. The molecule has 4 rings (SSSR count). The van der Waals surface area contributed by atoms with Crippen LogP contribution in [0.1, 0.15) is 36.0 Å². The third-order valence-electron chi connectivity index (χ3n) is 3.61. The van der Waals surface area contributed by atoms with E-state index >= 15 is 0 Å². The highest BCUT2D eigenvalue weighted by Gasteiger charge is 2.29. The minimum absolute atomic E-state index is 0.253. The highest BCUT2D eigenvalue weighted by Crippen LogP contribution is 2.42. The molecule has 1 saturated carbocycles. The lowest BCUT2D eigenvalue weighted by molar-refractivity contribution is 0.365. The Hall–Kier alpha value is -1.33. The highest BCUT2D eigenvalue weighted by atomic mass is 32.2. The van der Waals surface area contributed by atoms with Crippen molar-refractivity contribution in [1.82, 2.24) is 15.5 Å². The average Bonchev–Trinajstić information content (AvgIpc) is 3.00. The van der Waals surface area contributed by atoms with Gasteiger partial charge in [-0.05, 0) is 24.5 Å². The lowest BCUT2D eigenvalue weighted by atomic mass is 10.0. The summed E-state index contributed by atoms with van der Waals surface area (Å²) in [6.45, 7) is 0.718. The zero-order chi connectivity index (χ0) is 12.7. The monoisotopic (exact) mass is 273 g/mol. The molecule has 1 aromatic carbocycles. The molecular formula is C14H15N3OS. The molecule has 2 heterocycles. The van der Waals surface area contributed by atoms with Gasteiger partial charge in [-0.15, -0.1) is 11.8 Å². The second-order valence-corrected chi connectivity index (χ2v) is 6.17. The van der Waals surface area contributed by atoms with Crippen LogP contribution in [-0.4, -0.2) is 21.9 Å². The fraction of sp³-hybridized carbons (Fsp3) is 0.429. The molecule has 0 amide bonds. The fourth-order valence-electron chi connectivity index (χ4n) is 2.37. The van der Waals surface area contributed by atoms with E-state index in [0.29, 0.717) is 6.04 Å². The summed E-state index contributed by atoms with van der Waals surface area (Å²) in [4.78, 5) is 5.87. The summed E-state index contributed by atoms with van der Waals surface area (Å²) < 4.78 is 5.44.